The van der Waals surface area contributed by atoms with E-state index >= 15 is 0 Å². The number of carbonyl (C=O) groups is 2. The lowest BCUT2D eigenvalue weighted by Crippen LogP contribution is -2.50. The minimum Gasteiger partial charge on any atom is -0.484 e. The fourth-order valence-corrected chi connectivity index (χ4v) is 3.02. The Morgan fingerprint density at radius 3 is 2.36 bits per heavy atom. The van der Waals surface area contributed by atoms with Crippen LogP contribution >= 0.6 is 0 Å². The van der Waals surface area contributed by atoms with E-state index in [1.54, 1.807) is 4.90 Å². The van der Waals surface area contributed by atoms with Crippen LogP contribution < -0.4 is 10.1 Å². The van der Waals surface area contributed by atoms with E-state index in [0.29, 0.717) is 25.3 Å². The van der Waals surface area contributed by atoms with E-state index < -0.39 is 6.04 Å². The third-order valence-corrected chi connectivity index (χ3v) is 4.77. The molecule has 0 spiro atoms. The molecule has 0 unspecified atom stereocenters. The fourth-order valence-electron chi connectivity index (χ4n) is 3.02. The monoisotopic (exact) mass is 382 g/mol. The van der Waals surface area contributed by atoms with Crippen LogP contribution in [0.5, 0.6) is 5.75 Å². The third kappa shape index (κ3) is 5.84. The SMILES string of the molecule is CCNC(=O)[C@H](CC)N(Cc1ccccc1)C(=O)COc1ccc(C)c(C)c1. The number of rotatable bonds is 9. The van der Waals surface area contributed by atoms with E-state index in [1.807, 2.05) is 76.2 Å². The van der Waals surface area contributed by atoms with Crippen LogP contribution in [0.3, 0.4) is 0 Å². The van der Waals surface area contributed by atoms with E-state index in [9.17, 15) is 9.59 Å². The highest BCUT2D eigenvalue weighted by Crippen LogP contribution is 2.17. The minimum absolute atomic E-state index is 0.106. The smallest absolute Gasteiger partial charge is 0.261 e. The average Bonchev–Trinajstić information content (AvgIpc) is 2.69. The number of aryl methyl sites for hydroxylation is 2. The summed E-state index contributed by atoms with van der Waals surface area (Å²) in [7, 11) is 0. The number of ether oxygens (including phenoxy) is 1. The number of hydrogen-bond acceptors (Lipinski definition) is 3. The quantitative estimate of drug-likeness (QED) is 0.721. The maximum absolute atomic E-state index is 13.0. The zero-order valence-corrected chi connectivity index (χ0v) is 17.2. The molecule has 0 aliphatic heterocycles. The molecule has 0 aromatic heterocycles. The lowest BCUT2D eigenvalue weighted by atomic mass is 10.1. The predicted molar refractivity (Wildman–Crippen MR) is 111 cm³/mol. The molecule has 150 valence electrons. The molecule has 2 amide bonds. The summed E-state index contributed by atoms with van der Waals surface area (Å²) < 4.78 is 5.73. The minimum atomic E-state index is -0.531. The molecule has 2 aromatic rings. The normalized spacial score (nSPS) is 11.6. The number of amides is 2. The van der Waals surface area contributed by atoms with Gasteiger partial charge in [0.15, 0.2) is 6.61 Å². The van der Waals surface area contributed by atoms with Gasteiger partial charge in [-0.15, -0.1) is 0 Å². The molecule has 0 aliphatic carbocycles. The zero-order valence-electron chi connectivity index (χ0n) is 17.2. The Kier molecular flexibility index (Phi) is 8.05. The second kappa shape index (κ2) is 10.5. The van der Waals surface area contributed by atoms with Gasteiger partial charge in [-0.3, -0.25) is 9.59 Å². The topological polar surface area (TPSA) is 58.6 Å². The molecule has 5 nitrogen and oxygen atoms in total. The third-order valence-electron chi connectivity index (χ3n) is 4.77. The number of hydrogen-bond donors (Lipinski definition) is 1. The van der Waals surface area contributed by atoms with Crippen molar-refractivity contribution in [3.8, 4) is 5.75 Å². The summed E-state index contributed by atoms with van der Waals surface area (Å²) in [4.78, 5) is 27.1. The predicted octanol–water partition coefficient (Wildman–Crippen LogP) is 3.63. The van der Waals surface area contributed by atoms with Gasteiger partial charge in [-0.25, -0.2) is 0 Å². The molecule has 0 bridgehead atoms. The highest BCUT2D eigenvalue weighted by Gasteiger charge is 2.28. The van der Waals surface area contributed by atoms with Gasteiger partial charge in [0.05, 0.1) is 0 Å². The molecule has 5 heteroatoms. The average molecular weight is 383 g/mol. The summed E-state index contributed by atoms with van der Waals surface area (Å²) in [6, 6.07) is 14.9. The van der Waals surface area contributed by atoms with Crippen LogP contribution in [0.1, 0.15) is 37.0 Å². The number of benzene rings is 2. The van der Waals surface area contributed by atoms with Crippen molar-refractivity contribution in [2.24, 2.45) is 0 Å². The highest BCUT2D eigenvalue weighted by molar-refractivity contribution is 5.88. The first-order valence-corrected chi connectivity index (χ1v) is 9.77. The van der Waals surface area contributed by atoms with Gasteiger partial charge in [-0.1, -0.05) is 43.3 Å². The van der Waals surface area contributed by atoms with Crippen LogP contribution in [0.15, 0.2) is 48.5 Å². The van der Waals surface area contributed by atoms with Crippen molar-refractivity contribution in [2.75, 3.05) is 13.2 Å². The van der Waals surface area contributed by atoms with E-state index in [0.717, 1.165) is 11.1 Å². The Balaban J connectivity index is 2.17. The maximum atomic E-state index is 13.0. The van der Waals surface area contributed by atoms with Gasteiger partial charge in [0, 0.05) is 13.1 Å². The van der Waals surface area contributed by atoms with E-state index in [-0.39, 0.29) is 18.4 Å². The van der Waals surface area contributed by atoms with Crippen molar-refractivity contribution in [3.05, 3.63) is 65.2 Å². The van der Waals surface area contributed by atoms with E-state index in [1.165, 1.54) is 5.56 Å². The van der Waals surface area contributed by atoms with Crippen molar-refractivity contribution in [3.63, 3.8) is 0 Å². The Morgan fingerprint density at radius 2 is 1.75 bits per heavy atom. The first-order valence-electron chi connectivity index (χ1n) is 9.77. The Hall–Kier alpha value is -2.82. The largest absolute Gasteiger partial charge is 0.484 e. The first kappa shape index (κ1) is 21.5. The van der Waals surface area contributed by atoms with Crippen LogP contribution in [0.2, 0.25) is 0 Å². The van der Waals surface area contributed by atoms with Crippen LogP contribution in [0, 0.1) is 13.8 Å². The van der Waals surface area contributed by atoms with Gasteiger partial charge < -0.3 is 15.0 Å². The molecule has 0 aliphatic rings. The molecule has 28 heavy (non-hydrogen) atoms. The second-order valence-electron chi connectivity index (χ2n) is 6.86. The summed E-state index contributed by atoms with van der Waals surface area (Å²) in [6.45, 7) is 8.61. The number of carbonyl (C=O) groups excluding carboxylic acids is 2. The summed E-state index contributed by atoms with van der Waals surface area (Å²) in [5, 5.41) is 2.83. The van der Waals surface area contributed by atoms with Crippen LogP contribution in [-0.2, 0) is 16.1 Å². The van der Waals surface area contributed by atoms with Gasteiger partial charge in [-0.05, 0) is 56.0 Å². The van der Waals surface area contributed by atoms with Crippen molar-refractivity contribution in [1.29, 1.82) is 0 Å². The van der Waals surface area contributed by atoms with E-state index in [4.69, 9.17) is 4.74 Å². The van der Waals surface area contributed by atoms with Crippen molar-refractivity contribution >= 4 is 11.8 Å². The van der Waals surface area contributed by atoms with Gasteiger partial charge in [0.2, 0.25) is 5.91 Å². The second-order valence-corrected chi connectivity index (χ2v) is 6.86. The molecular formula is C23H30N2O3. The zero-order chi connectivity index (χ0) is 20.5. The highest BCUT2D eigenvalue weighted by atomic mass is 16.5. The Morgan fingerprint density at radius 1 is 1.04 bits per heavy atom. The number of likely N-dealkylation sites (N-methyl/N-ethyl adjacent to an activating group) is 1. The van der Waals surface area contributed by atoms with Crippen LogP contribution in [0.25, 0.3) is 0 Å². The molecule has 1 atom stereocenters. The van der Waals surface area contributed by atoms with Crippen LogP contribution in [0.4, 0.5) is 0 Å². The van der Waals surface area contributed by atoms with Crippen molar-refractivity contribution in [1.82, 2.24) is 10.2 Å². The number of nitrogens with one attached hydrogen (secondary N) is 1. The molecule has 0 heterocycles. The van der Waals surface area contributed by atoms with Gasteiger partial charge in [0.25, 0.3) is 5.91 Å². The molecule has 2 aromatic carbocycles. The molecule has 0 saturated heterocycles. The fraction of sp³-hybridized carbons (Fsp3) is 0.391. The first-order chi connectivity index (χ1) is 13.5. The van der Waals surface area contributed by atoms with Gasteiger partial charge >= 0.3 is 0 Å². The summed E-state index contributed by atoms with van der Waals surface area (Å²) in [5.74, 6) is 0.308. The summed E-state index contributed by atoms with van der Waals surface area (Å²) in [6.07, 6.45) is 0.536. The molecule has 0 saturated carbocycles. The van der Waals surface area contributed by atoms with Crippen LogP contribution in [-0.4, -0.2) is 35.9 Å². The standard InChI is InChI=1S/C23H30N2O3/c1-5-21(23(27)24-6-2)25(15-19-10-8-7-9-11-19)22(26)16-28-20-13-12-17(3)18(4)14-20/h7-14,21H,5-6,15-16H2,1-4H3,(H,24,27)/t21-/m0/s1. The molecule has 0 radical (unpaired) electrons. The molecule has 0 fully saturated rings. The maximum Gasteiger partial charge on any atom is 0.261 e. The number of nitrogens with zero attached hydrogens (tertiary/aromatic N) is 1. The summed E-state index contributed by atoms with van der Waals surface area (Å²) >= 11 is 0. The molecule has 1 N–H and O–H groups in total. The van der Waals surface area contributed by atoms with Gasteiger partial charge in [-0.2, -0.15) is 0 Å². The van der Waals surface area contributed by atoms with Crippen molar-refractivity contribution in [2.45, 2.75) is 46.7 Å². The van der Waals surface area contributed by atoms with Crippen molar-refractivity contribution < 1.29 is 14.3 Å². The summed E-state index contributed by atoms with van der Waals surface area (Å²) in [5.41, 5.74) is 3.26. The lowest BCUT2D eigenvalue weighted by molar-refractivity contribution is -0.142. The van der Waals surface area contributed by atoms with E-state index in [2.05, 4.69) is 5.32 Å². The Bertz CT molecular complexity index is 790. The Labute approximate surface area is 167 Å². The molecular weight excluding hydrogens is 352 g/mol. The lowest BCUT2D eigenvalue weighted by Gasteiger charge is -2.30. The molecule has 2 rings (SSSR count). The van der Waals surface area contributed by atoms with Gasteiger partial charge in [0.1, 0.15) is 11.8 Å².